The fourth-order valence-electron chi connectivity index (χ4n) is 3.10. The summed E-state index contributed by atoms with van der Waals surface area (Å²) in [6.07, 6.45) is 3.71. The molecule has 0 bridgehead atoms. The van der Waals surface area contributed by atoms with E-state index in [2.05, 4.69) is 23.9 Å². The van der Waals surface area contributed by atoms with Crippen molar-refractivity contribution in [3.8, 4) is 0 Å². The van der Waals surface area contributed by atoms with Crippen LogP contribution < -0.4 is 10.1 Å². The predicted molar refractivity (Wildman–Crippen MR) is 100 cm³/mol. The highest BCUT2D eigenvalue weighted by Gasteiger charge is 2.59. The zero-order valence-corrected chi connectivity index (χ0v) is 16.0. The Morgan fingerprint density at radius 1 is 1.42 bits per heavy atom. The Morgan fingerprint density at radius 2 is 2.21 bits per heavy atom. The van der Waals surface area contributed by atoms with E-state index < -0.39 is 0 Å². The Bertz CT molecular complexity index is 1050. The van der Waals surface area contributed by atoms with Gasteiger partial charge >= 0.3 is 0 Å². The zero-order chi connectivity index (χ0) is 17.1. The Morgan fingerprint density at radius 3 is 2.83 bits per heavy atom. The molecule has 3 aromatic heterocycles. The minimum Gasteiger partial charge on any atom is -0.266 e. The summed E-state index contributed by atoms with van der Waals surface area (Å²) in [5, 5.41) is 6.43. The first-order chi connectivity index (χ1) is 11.4. The van der Waals surface area contributed by atoms with Crippen molar-refractivity contribution in [2.24, 2.45) is 11.3 Å². The second kappa shape index (κ2) is 5.66. The lowest BCUT2D eigenvalue weighted by Gasteiger charge is -1.97. The molecule has 1 fully saturated rings. The van der Waals surface area contributed by atoms with E-state index in [1.807, 2.05) is 29.7 Å². The molecule has 0 aliphatic heterocycles. The van der Waals surface area contributed by atoms with Gasteiger partial charge in [0, 0.05) is 10.8 Å². The average molecular weight is 398 g/mol. The number of hydrogen-bond acceptors (Lipinski definition) is 5. The summed E-state index contributed by atoms with van der Waals surface area (Å²) >= 11 is 14.5. The van der Waals surface area contributed by atoms with Crippen LogP contribution in [-0.2, 0) is 0 Å². The van der Waals surface area contributed by atoms with Gasteiger partial charge in [-0.1, -0.05) is 54.5 Å². The van der Waals surface area contributed by atoms with Crippen molar-refractivity contribution < 1.29 is 0 Å². The standard InChI is InChI=1S/C16H13Cl2N3OS2/c1-16(2)9(7-11(17)18)12(16)13-19-15-21(20-13)14(22)10(24-15)6-8-4-3-5-23-8/h3-7,9,12H,1-2H3/b10-6+. The quantitative estimate of drug-likeness (QED) is 0.674. The molecule has 0 amide bonds. The van der Waals surface area contributed by atoms with Crippen LogP contribution in [0.3, 0.4) is 0 Å². The van der Waals surface area contributed by atoms with Crippen LogP contribution in [0.4, 0.5) is 0 Å². The summed E-state index contributed by atoms with van der Waals surface area (Å²) in [7, 11) is 0. The maximum atomic E-state index is 12.5. The van der Waals surface area contributed by atoms with Gasteiger partial charge in [-0.2, -0.15) is 4.52 Å². The molecule has 1 saturated carbocycles. The van der Waals surface area contributed by atoms with Gasteiger partial charge in [0.1, 0.15) is 4.49 Å². The van der Waals surface area contributed by atoms with Crippen LogP contribution in [0, 0.1) is 11.3 Å². The van der Waals surface area contributed by atoms with Crippen LogP contribution >= 0.6 is 45.9 Å². The predicted octanol–water partition coefficient (Wildman–Crippen LogP) is 3.82. The highest BCUT2D eigenvalue weighted by Crippen LogP contribution is 2.64. The van der Waals surface area contributed by atoms with Gasteiger partial charge in [0.2, 0.25) is 4.96 Å². The lowest BCUT2D eigenvalue weighted by molar-refractivity contribution is 0.585. The van der Waals surface area contributed by atoms with Gasteiger partial charge in [0.25, 0.3) is 5.56 Å². The van der Waals surface area contributed by atoms with Crippen molar-refractivity contribution >= 4 is 56.9 Å². The summed E-state index contributed by atoms with van der Waals surface area (Å²) in [6, 6.07) is 3.94. The Labute approximate surface area is 156 Å². The fourth-order valence-corrected chi connectivity index (χ4v) is 5.01. The molecule has 124 valence electrons. The van der Waals surface area contributed by atoms with Gasteiger partial charge in [-0.05, 0) is 34.9 Å². The van der Waals surface area contributed by atoms with Crippen molar-refractivity contribution in [2.75, 3.05) is 0 Å². The number of hydrogen-bond donors (Lipinski definition) is 0. The lowest BCUT2D eigenvalue weighted by atomic mass is 10.1. The van der Waals surface area contributed by atoms with Gasteiger partial charge in [-0.15, -0.1) is 16.4 Å². The summed E-state index contributed by atoms with van der Waals surface area (Å²) in [6.45, 7) is 4.25. The number of thiophene rings is 1. The number of thiazole rings is 1. The van der Waals surface area contributed by atoms with Crippen molar-refractivity contribution in [3.63, 3.8) is 0 Å². The lowest BCUT2D eigenvalue weighted by Crippen LogP contribution is -2.23. The van der Waals surface area contributed by atoms with E-state index in [9.17, 15) is 4.79 Å². The van der Waals surface area contributed by atoms with Gasteiger partial charge in [-0.3, -0.25) is 4.79 Å². The molecule has 0 aromatic carbocycles. The van der Waals surface area contributed by atoms with Crippen molar-refractivity contribution in [2.45, 2.75) is 19.8 Å². The summed E-state index contributed by atoms with van der Waals surface area (Å²) < 4.78 is 2.31. The highest BCUT2D eigenvalue weighted by atomic mass is 35.5. The van der Waals surface area contributed by atoms with Crippen LogP contribution in [-0.4, -0.2) is 14.6 Å². The van der Waals surface area contributed by atoms with Gasteiger partial charge in [-0.25, -0.2) is 4.98 Å². The summed E-state index contributed by atoms with van der Waals surface area (Å²) in [5.74, 6) is 0.995. The molecular formula is C16H13Cl2N3OS2. The molecule has 4 rings (SSSR count). The minimum absolute atomic E-state index is 0.0129. The molecule has 0 radical (unpaired) electrons. The topological polar surface area (TPSA) is 47.3 Å². The van der Waals surface area contributed by atoms with E-state index in [0.717, 1.165) is 4.88 Å². The molecule has 2 unspecified atom stereocenters. The fraction of sp³-hybridized carbons (Fsp3) is 0.312. The summed E-state index contributed by atoms with van der Waals surface area (Å²) in [5.41, 5.74) is -0.135. The molecule has 3 aromatic rings. The largest absolute Gasteiger partial charge is 0.291 e. The number of nitrogens with zero attached hydrogens (tertiary/aromatic N) is 3. The minimum atomic E-state index is -0.122. The molecule has 4 nitrogen and oxygen atoms in total. The molecule has 0 saturated heterocycles. The molecule has 1 aliphatic carbocycles. The summed E-state index contributed by atoms with van der Waals surface area (Å²) in [4.78, 5) is 18.8. The smallest absolute Gasteiger partial charge is 0.266 e. The Balaban J connectivity index is 1.74. The van der Waals surface area contributed by atoms with Crippen LogP contribution in [0.1, 0.15) is 30.5 Å². The molecule has 0 N–H and O–H groups in total. The van der Waals surface area contributed by atoms with Crippen LogP contribution in [0.5, 0.6) is 0 Å². The molecule has 1 aliphatic rings. The number of aromatic nitrogens is 3. The maximum Gasteiger partial charge on any atom is 0.291 e. The first-order valence-electron chi connectivity index (χ1n) is 7.35. The molecule has 0 spiro atoms. The van der Waals surface area contributed by atoms with E-state index in [4.69, 9.17) is 23.2 Å². The van der Waals surface area contributed by atoms with E-state index in [-0.39, 0.29) is 27.3 Å². The first kappa shape index (κ1) is 16.3. The van der Waals surface area contributed by atoms with Crippen molar-refractivity contribution in [3.05, 3.63) is 53.7 Å². The number of halogens is 2. The molecule has 24 heavy (non-hydrogen) atoms. The number of fused-ring (bicyclic) bond motifs is 1. The Hall–Kier alpha value is -1.21. The molecule has 8 heteroatoms. The average Bonchev–Trinajstić information content (AvgIpc) is 2.99. The van der Waals surface area contributed by atoms with Crippen LogP contribution in [0.25, 0.3) is 11.0 Å². The SMILES string of the molecule is CC1(C)C(C=C(Cl)Cl)C1c1nc2s/c(=C/c3cccs3)c(=O)n2n1. The molecular weight excluding hydrogens is 385 g/mol. The van der Waals surface area contributed by atoms with Crippen LogP contribution in [0.15, 0.2) is 32.9 Å². The van der Waals surface area contributed by atoms with E-state index in [1.54, 1.807) is 11.3 Å². The zero-order valence-electron chi connectivity index (χ0n) is 12.9. The second-order valence-electron chi connectivity index (χ2n) is 6.38. The monoisotopic (exact) mass is 397 g/mol. The van der Waals surface area contributed by atoms with E-state index >= 15 is 0 Å². The molecule has 2 atom stereocenters. The number of rotatable bonds is 3. The van der Waals surface area contributed by atoms with Crippen LogP contribution in [0.2, 0.25) is 0 Å². The van der Waals surface area contributed by atoms with Gasteiger partial charge < -0.3 is 0 Å². The highest BCUT2D eigenvalue weighted by molar-refractivity contribution is 7.15. The van der Waals surface area contributed by atoms with Crippen molar-refractivity contribution in [1.82, 2.24) is 14.6 Å². The van der Waals surface area contributed by atoms with E-state index in [0.29, 0.717) is 15.3 Å². The van der Waals surface area contributed by atoms with Gasteiger partial charge in [0.05, 0.1) is 4.53 Å². The van der Waals surface area contributed by atoms with E-state index in [1.165, 1.54) is 15.9 Å². The normalized spacial score (nSPS) is 22.9. The maximum absolute atomic E-state index is 12.5. The second-order valence-corrected chi connectivity index (χ2v) is 9.37. The van der Waals surface area contributed by atoms with Crippen molar-refractivity contribution in [1.29, 1.82) is 0 Å². The Kier molecular flexibility index (Phi) is 3.84. The third-order valence-corrected chi connectivity index (χ3v) is 6.54. The third kappa shape index (κ3) is 2.62. The molecule has 3 heterocycles. The van der Waals surface area contributed by atoms with Gasteiger partial charge in [0.15, 0.2) is 5.82 Å². The third-order valence-electron chi connectivity index (χ3n) is 4.51. The number of allylic oxidation sites excluding steroid dienone is 1. The first-order valence-corrected chi connectivity index (χ1v) is 9.80.